The largest absolute Gasteiger partial charge is 0.357 e. The van der Waals surface area contributed by atoms with Gasteiger partial charge in [-0.3, -0.25) is 4.79 Å². The van der Waals surface area contributed by atoms with Crippen molar-refractivity contribution in [2.24, 2.45) is 11.7 Å². The van der Waals surface area contributed by atoms with Gasteiger partial charge in [-0.15, -0.1) is 24.8 Å². The third-order valence-electron chi connectivity index (χ3n) is 5.13. The molecule has 0 bridgehead atoms. The number of aromatic nitrogens is 1. The maximum absolute atomic E-state index is 12.2. The quantitative estimate of drug-likeness (QED) is 0.823. The summed E-state index contributed by atoms with van der Waals surface area (Å²) in [6.07, 6.45) is 10.6. The molecule has 2 aliphatic rings. The summed E-state index contributed by atoms with van der Waals surface area (Å²) >= 11 is 0. The van der Waals surface area contributed by atoms with Crippen LogP contribution in [0, 0.1) is 5.92 Å². The molecule has 142 valence electrons. The minimum Gasteiger partial charge on any atom is -0.357 e. The topological polar surface area (TPSA) is 71.2 Å². The normalized spacial score (nSPS) is 23.2. The Balaban J connectivity index is 0.00000156. The van der Waals surface area contributed by atoms with Crippen LogP contribution in [0.5, 0.6) is 0 Å². The van der Waals surface area contributed by atoms with Gasteiger partial charge in [-0.05, 0) is 50.2 Å². The molecule has 2 heterocycles. The molecular weight excluding hydrogens is 359 g/mol. The van der Waals surface area contributed by atoms with Crippen LogP contribution in [-0.4, -0.2) is 30.0 Å². The molecule has 0 spiro atoms. The van der Waals surface area contributed by atoms with Crippen molar-refractivity contribution in [3.05, 3.63) is 18.3 Å². The highest BCUT2D eigenvalue weighted by Crippen LogP contribution is 2.26. The number of anilines is 2. The predicted molar refractivity (Wildman–Crippen MR) is 108 cm³/mol. The number of hydrogen-bond donors (Lipinski definition) is 2. The number of nitrogens with one attached hydrogen (secondary N) is 1. The van der Waals surface area contributed by atoms with Crippen molar-refractivity contribution in [3.63, 3.8) is 0 Å². The first-order chi connectivity index (χ1) is 11.2. The van der Waals surface area contributed by atoms with Gasteiger partial charge in [0.25, 0.3) is 0 Å². The SMILES string of the molecule is Cl.Cl.NC1CCCCC1CC(=O)Nc1ccc(N2CCCCC2)nc1. The molecular formula is C18H30Cl2N4O. The second-order valence-corrected chi connectivity index (χ2v) is 6.91. The molecule has 0 aromatic carbocycles. The molecule has 1 aromatic rings. The van der Waals surface area contributed by atoms with Crippen LogP contribution in [0.2, 0.25) is 0 Å². The van der Waals surface area contributed by atoms with E-state index in [1.54, 1.807) is 6.20 Å². The van der Waals surface area contributed by atoms with Gasteiger partial charge in [0.15, 0.2) is 0 Å². The minimum atomic E-state index is 0. The standard InChI is InChI=1S/C18H28N4O.2ClH/c19-16-7-3-2-6-14(16)12-18(23)21-15-8-9-17(20-13-15)22-10-4-1-5-11-22;;/h8-9,13-14,16H,1-7,10-12,19H2,(H,21,23);2*1H. The first-order valence-corrected chi connectivity index (χ1v) is 8.99. The lowest BCUT2D eigenvalue weighted by Crippen LogP contribution is -2.35. The van der Waals surface area contributed by atoms with E-state index in [-0.39, 0.29) is 36.8 Å². The van der Waals surface area contributed by atoms with Gasteiger partial charge in [0.1, 0.15) is 5.82 Å². The van der Waals surface area contributed by atoms with Crippen LogP contribution >= 0.6 is 24.8 Å². The average Bonchev–Trinajstić information content (AvgIpc) is 2.58. The Morgan fingerprint density at radius 3 is 2.48 bits per heavy atom. The van der Waals surface area contributed by atoms with Crippen LogP contribution in [0.25, 0.3) is 0 Å². The van der Waals surface area contributed by atoms with Gasteiger partial charge in [0.2, 0.25) is 5.91 Å². The van der Waals surface area contributed by atoms with Gasteiger partial charge in [0, 0.05) is 25.6 Å². The minimum absolute atomic E-state index is 0. The van der Waals surface area contributed by atoms with E-state index in [1.165, 1.54) is 32.1 Å². The maximum Gasteiger partial charge on any atom is 0.224 e. The lowest BCUT2D eigenvalue weighted by atomic mass is 9.83. The van der Waals surface area contributed by atoms with E-state index in [0.717, 1.165) is 37.4 Å². The summed E-state index contributed by atoms with van der Waals surface area (Å²) < 4.78 is 0. The molecule has 5 nitrogen and oxygen atoms in total. The molecule has 1 saturated heterocycles. The zero-order chi connectivity index (χ0) is 16.1. The number of nitrogens with zero attached hydrogens (tertiary/aromatic N) is 2. The molecule has 1 aliphatic carbocycles. The highest BCUT2D eigenvalue weighted by atomic mass is 35.5. The summed E-state index contributed by atoms with van der Waals surface area (Å²) in [5, 5.41) is 2.96. The van der Waals surface area contributed by atoms with E-state index in [9.17, 15) is 4.79 Å². The van der Waals surface area contributed by atoms with Gasteiger partial charge < -0.3 is 16.0 Å². The highest BCUT2D eigenvalue weighted by Gasteiger charge is 2.24. The summed E-state index contributed by atoms with van der Waals surface area (Å²) in [5.74, 6) is 1.39. The van der Waals surface area contributed by atoms with Gasteiger partial charge >= 0.3 is 0 Å². The van der Waals surface area contributed by atoms with E-state index in [0.29, 0.717) is 12.3 Å². The molecule has 2 atom stereocenters. The Morgan fingerprint density at radius 2 is 1.84 bits per heavy atom. The number of carbonyl (C=O) groups excluding carboxylic acids is 1. The number of carbonyl (C=O) groups is 1. The Hall–Kier alpha value is -1.04. The van der Waals surface area contributed by atoms with Crippen LogP contribution in [0.15, 0.2) is 18.3 Å². The molecule has 2 unspecified atom stereocenters. The number of halogens is 2. The fourth-order valence-corrected chi connectivity index (χ4v) is 3.71. The summed E-state index contributed by atoms with van der Waals surface area (Å²) in [7, 11) is 0. The van der Waals surface area contributed by atoms with E-state index in [1.807, 2.05) is 12.1 Å². The van der Waals surface area contributed by atoms with E-state index in [2.05, 4.69) is 15.2 Å². The van der Waals surface area contributed by atoms with Crippen LogP contribution < -0.4 is 16.0 Å². The molecule has 25 heavy (non-hydrogen) atoms. The van der Waals surface area contributed by atoms with E-state index < -0.39 is 0 Å². The van der Waals surface area contributed by atoms with Crippen LogP contribution in [0.4, 0.5) is 11.5 Å². The first kappa shape index (κ1) is 22.0. The van der Waals surface area contributed by atoms with E-state index in [4.69, 9.17) is 5.73 Å². The molecule has 3 rings (SSSR count). The molecule has 3 N–H and O–H groups in total. The highest BCUT2D eigenvalue weighted by molar-refractivity contribution is 5.90. The zero-order valence-electron chi connectivity index (χ0n) is 14.7. The Kier molecular flexibility index (Phi) is 9.54. The number of rotatable bonds is 4. The smallest absolute Gasteiger partial charge is 0.224 e. The molecule has 1 aromatic heterocycles. The second-order valence-electron chi connectivity index (χ2n) is 6.91. The van der Waals surface area contributed by atoms with Crippen molar-refractivity contribution in [3.8, 4) is 0 Å². The zero-order valence-corrected chi connectivity index (χ0v) is 16.3. The van der Waals surface area contributed by atoms with Gasteiger partial charge in [-0.2, -0.15) is 0 Å². The number of nitrogens with two attached hydrogens (primary N) is 1. The molecule has 2 fully saturated rings. The molecule has 0 radical (unpaired) electrons. The second kappa shape index (κ2) is 10.8. The fraction of sp³-hybridized carbons (Fsp3) is 0.667. The maximum atomic E-state index is 12.2. The number of piperidine rings is 1. The summed E-state index contributed by atoms with van der Waals surface area (Å²) in [5.41, 5.74) is 6.90. The lowest BCUT2D eigenvalue weighted by Gasteiger charge is -2.28. The number of pyridine rings is 1. The number of hydrogen-bond acceptors (Lipinski definition) is 4. The predicted octanol–water partition coefficient (Wildman–Crippen LogP) is 3.76. The summed E-state index contributed by atoms with van der Waals surface area (Å²) in [4.78, 5) is 19.0. The molecule has 1 aliphatic heterocycles. The van der Waals surface area contributed by atoms with Crippen molar-refractivity contribution < 1.29 is 4.79 Å². The lowest BCUT2D eigenvalue weighted by molar-refractivity contribution is -0.117. The van der Waals surface area contributed by atoms with Crippen LogP contribution in [0.1, 0.15) is 51.4 Å². The first-order valence-electron chi connectivity index (χ1n) is 8.99. The van der Waals surface area contributed by atoms with Crippen molar-refractivity contribution >= 4 is 42.2 Å². The monoisotopic (exact) mass is 388 g/mol. The molecule has 7 heteroatoms. The van der Waals surface area contributed by atoms with Gasteiger partial charge in [-0.1, -0.05) is 12.8 Å². The third kappa shape index (κ3) is 6.32. The fourth-order valence-electron chi connectivity index (χ4n) is 3.71. The van der Waals surface area contributed by atoms with Crippen molar-refractivity contribution in [1.29, 1.82) is 0 Å². The Morgan fingerprint density at radius 1 is 1.12 bits per heavy atom. The van der Waals surface area contributed by atoms with Crippen LogP contribution in [0.3, 0.4) is 0 Å². The van der Waals surface area contributed by atoms with Gasteiger partial charge in [-0.25, -0.2) is 4.98 Å². The average molecular weight is 389 g/mol. The number of amides is 1. The Bertz CT molecular complexity index is 520. The molecule has 1 saturated carbocycles. The van der Waals surface area contributed by atoms with Crippen LogP contribution in [-0.2, 0) is 4.79 Å². The van der Waals surface area contributed by atoms with Crippen molar-refractivity contribution in [2.45, 2.75) is 57.4 Å². The van der Waals surface area contributed by atoms with E-state index >= 15 is 0 Å². The summed E-state index contributed by atoms with van der Waals surface area (Å²) in [6, 6.07) is 4.14. The summed E-state index contributed by atoms with van der Waals surface area (Å²) in [6.45, 7) is 2.16. The molecule has 1 amide bonds. The third-order valence-corrected chi connectivity index (χ3v) is 5.13. The van der Waals surface area contributed by atoms with Gasteiger partial charge in [0.05, 0.1) is 11.9 Å². The van der Waals surface area contributed by atoms with Crippen molar-refractivity contribution in [1.82, 2.24) is 4.98 Å². The Labute approximate surface area is 163 Å². The van der Waals surface area contributed by atoms with Crippen molar-refractivity contribution in [2.75, 3.05) is 23.3 Å².